The number of nitrogen functional groups attached to an aromatic ring is 1. The van der Waals surface area contributed by atoms with Crippen LogP contribution in [0.2, 0.25) is 0 Å². The first-order valence-electron chi connectivity index (χ1n) is 9.91. The molecule has 0 spiro atoms. The summed E-state index contributed by atoms with van der Waals surface area (Å²) in [6, 6.07) is 14.6. The summed E-state index contributed by atoms with van der Waals surface area (Å²) in [5.74, 6) is 6.17. The fraction of sp³-hybridized carbons (Fsp3) is 0.217. The van der Waals surface area contributed by atoms with Crippen LogP contribution in [-0.4, -0.2) is 25.1 Å². The molecular formula is C23H26N8O. The molecule has 0 aliphatic rings. The summed E-state index contributed by atoms with van der Waals surface area (Å²) in [6.45, 7) is 5.45. The third-order valence-electron chi connectivity index (χ3n) is 4.85. The lowest BCUT2D eigenvalue weighted by Crippen LogP contribution is -2.27. The van der Waals surface area contributed by atoms with Gasteiger partial charge in [0.2, 0.25) is 5.95 Å². The number of aliphatic hydroxyl groups is 1. The molecule has 0 saturated carbocycles. The highest BCUT2D eigenvalue weighted by Gasteiger charge is 2.18. The van der Waals surface area contributed by atoms with Gasteiger partial charge in [-0.25, -0.2) is 15.8 Å². The molecule has 0 amide bonds. The van der Waals surface area contributed by atoms with Crippen molar-refractivity contribution in [1.29, 1.82) is 5.26 Å². The molecule has 2 aromatic heterocycles. The Balaban J connectivity index is 1.88. The average molecular weight is 431 g/mol. The van der Waals surface area contributed by atoms with Gasteiger partial charge in [-0.2, -0.15) is 5.26 Å². The van der Waals surface area contributed by atoms with Crippen LogP contribution in [0.5, 0.6) is 0 Å². The lowest BCUT2D eigenvalue weighted by atomic mass is 10.00. The highest BCUT2D eigenvalue weighted by molar-refractivity contribution is 5.71. The van der Waals surface area contributed by atoms with E-state index in [1.54, 1.807) is 38.1 Å². The summed E-state index contributed by atoms with van der Waals surface area (Å²) in [7, 11) is 0. The van der Waals surface area contributed by atoms with Crippen molar-refractivity contribution in [2.75, 3.05) is 5.73 Å². The zero-order valence-electron chi connectivity index (χ0n) is 18.2. The van der Waals surface area contributed by atoms with Gasteiger partial charge in [0.15, 0.2) is 0 Å². The minimum absolute atomic E-state index is 0.0544. The Kier molecular flexibility index (Phi) is 6.39. The van der Waals surface area contributed by atoms with E-state index < -0.39 is 5.60 Å². The molecule has 9 heteroatoms. The molecule has 0 aliphatic heterocycles. The van der Waals surface area contributed by atoms with Crippen LogP contribution in [0.3, 0.4) is 0 Å². The van der Waals surface area contributed by atoms with E-state index in [-0.39, 0.29) is 18.2 Å². The van der Waals surface area contributed by atoms with Gasteiger partial charge in [0.05, 0.1) is 46.7 Å². The molecule has 0 saturated heterocycles. The molecule has 0 aliphatic carbocycles. The second-order valence-electron chi connectivity index (χ2n) is 7.92. The zero-order chi connectivity index (χ0) is 23.5. The monoisotopic (exact) mass is 430 g/mol. The van der Waals surface area contributed by atoms with Crippen molar-refractivity contribution in [2.45, 2.75) is 32.9 Å². The van der Waals surface area contributed by atoms with E-state index in [0.29, 0.717) is 28.3 Å². The SMILES string of the molecule is Cc1c(C#N)cccc1-c1cc(/C(N)=C/N(N)Cc2cccc(C(C)(C)O)n2)nc(N)n1. The van der Waals surface area contributed by atoms with Crippen molar-refractivity contribution in [3.63, 3.8) is 0 Å². The zero-order valence-corrected chi connectivity index (χ0v) is 18.2. The number of hydrogen-bond acceptors (Lipinski definition) is 9. The van der Waals surface area contributed by atoms with Crippen molar-refractivity contribution in [1.82, 2.24) is 20.0 Å². The number of rotatable bonds is 6. The Labute approximate surface area is 186 Å². The molecule has 164 valence electrons. The highest BCUT2D eigenvalue weighted by atomic mass is 16.3. The Morgan fingerprint density at radius 1 is 1.19 bits per heavy atom. The van der Waals surface area contributed by atoms with Crippen molar-refractivity contribution < 1.29 is 5.11 Å². The number of anilines is 1. The van der Waals surface area contributed by atoms with Gasteiger partial charge in [-0.1, -0.05) is 18.2 Å². The smallest absolute Gasteiger partial charge is 0.221 e. The molecule has 0 fully saturated rings. The number of hydrazine groups is 1. The largest absolute Gasteiger partial charge is 0.396 e. The van der Waals surface area contributed by atoms with Crippen molar-refractivity contribution in [3.8, 4) is 17.3 Å². The van der Waals surface area contributed by atoms with E-state index in [2.05, 4.69) is 21.0 Å². The Bertz CT molecular complexity index is 1210. The van der Waals surface area contributed by atoms with E-state index in [4.69, 9.17) is 17.3 Å². The molecule has 3 rings (SSSR count). The van der Waals surface area contributed by atoms with Crippen LogP contribution in [-0.2, 0) is 12.1 Å². The van der Waals surface area contributed by atoms with Gasteiger partial charge in [-0.05, 0) is 50.6 Å². The molecular weight excluding hydrogens is 404 g/mol. The number of nitrogens with zero attached hydrogens (tertiary/aromatic N) is 5. The summed E-state index contributed by atoms with van der Waals surface area (Å²) in [4.78, 5) is 13.0. The van der Waals surface area contributed by atoms with Gasteiger partial charge in [-0.15, -0.1) is 0 Å². The number of nitriles is 1. The molecule has 0 radical (unpaired) electrons. The second kappa shape index (κ2) is 9.01. The number of nitrogens with two attached hydrogens (primary N) is 3. The molecule has 0 bridgehead atoms. The van der Waals surface area contributed by atoms with Crippen LogP contribution in [0.15, 0.2) is 48.7 Å². The van der Waals surface area contributed by atoms with Crippen LogP contribution < -0.4 is 17.3 Å². The van der Waals surface area contributed by atoms with Gasteiger partial charge < -0.3 is 21.6 Å². The summed E-state index contributed by atoms with van der Waals surface area (Å²) < 4.78 is 0. The van der Waals surface area contributed by atoms with Crippen LogP contribution in [0, 0.1) is 18.3 Å². The molecule has 1 aromatic carbocycles. The van der Waals surface area contributed by atoms with Crippen LogP contribution in [0.1, 0.15) is 42.1 Å². The summed E-state index contributed by atoms with van der Waals surface area (Å²) in [5.41, 5.74) is 15.7. The summed E-state index contributed by atoms with van der Waals surface area (Å²) in [5, 5.41) is 20.8. The molecule has 0 atom stereocenters. The first-order chi connectivity index (χ1) is 15.1. The second-order valence-corrected chi connectivity index (χ2v) is 7.92. The summed E-state index contributed by atoms with van der Waals surface area (Å²) >= 11 is 0. The molecule has 32 heavy (non-hydrogen) atoms. The van der Waals surface area contributed by atoms with Gasteiger partial charge >= 0.3 is 0 Å². The molecule has 9 nitrogen and oxygen atoms in total. The maximum atomic E-state index is 10.2. The number of pyridine rings is 1. The van der Waals surface area contributed by atoms with Gasteiger partial charge in [0.1, 0.15) is 5.60 Å². The Morgan fingerprint density at radius 2 is 1.91 bits per heavy atom. The first-order valence-corrected chi connectivity index (χ1v) is 9.91. The van der Waals surface area contributed by atoms with Crippen molar-refractivity contribution in [3.05, 3.63) is 76.9 Å². The molecule has 7 N–H and O–H groups in total. The predicted molar refractivity (Wildman–Crippen MR) is 123 cm³/mol. The van der Waals surface area contributed by atoms with Crippen LogP contribution >= 0.6 is 0 Å². The highest BCUT2D eigenvalue weighted by Crippen LogP contribution is 2.26. The minimum Gasteiger partial charge on any atom is -0.396 e. The van der Waals surface area contributed by atoms with Crippen LogP contribution in [0.4, 0.5) is 5.95 Å². The number of benzene rings is 1. The molecule has 3 aromatic rings. The topological polar surface area (TPSA) is 164 Å². The standard InChI is InChI=1S/C23H26N8O/c1-14-15(11-24)6-4-8-17(14)19-10-20(30-22(26)29-19)18(25)13-31(27)12-16-7-5-9-21(28-16)23(2,3)32/h4-10,13,32H,12,25,27H2,1-3H3,(H2,26,29,30)/b18-13-. The predicted octanol–water partition coefficient (Wildman–Crippen LogP) is 2.16. The lowest BCUT2D eigenvalue weighted by Gasteiger charge is -2.19. The quantitative estimate of drug-likeness (QED) is 0.339. The maximum Gasteiger partial charge on any atom is 0.221 e. The lowest BCUT2D eigenvalue weighted by molar-refractivity contribution is 0.0735. The summed E-state index contributed by atoms with van der Waals surface area (Å²) in [6.07, 6.45) is 1.53. The number of hydrogen-bond donors (Lipinski definition) is 4. The third-order valence-corrected chi connectivity index (χ3v) is 4.85. The molecule has 0 unspecified atom stereocenters. The van der Waals surface area contributed by atoms with E-state index in [1.165, 1.54) is 11.2 Å². The Hall–Kier alpha value is -4.00. The Morgan fingerprint density at radius 3 is 2.59 bits per heavy atom. The van der Waals surface area contributed by atoms with Crippen molar-refractivity contribution >= 4 is 11.6 Å². The fourth-order valence-electron chi connectivity index (χ4n) is 3.17. The maximum absolute atomic E-state index is 10.2. The van der Waals surface area contributed by atoms with Crippen LogP contribution in [0.25, 0.3) is 17.0 Å². The van der Waals surface area contributed by atoms with Gasteiger partial charge in [0.25, 0.3) is 0 Å². The fourth-order valence-corrected chi connectivity index (χ4v) is 3.17. The van der Waals surface area contributed by atoms with E-state index in [9.17, 15) is 10.4 Å². The molecule has 2 heterocycles. The number of aromatic nitrogens is 3. The van der Waals surface area contributed by atoms with Gasteiger partial charge in [-0.3, -0.25) is 4.98 Å². The van der Waals surface area contributed by atoms with Gasteiger partial charge in [0, 0.05) is 11.8 Å². The van der Waals surface area contributed by atoms with E-state index in [1.807, 2.05) is 25.1 Å². The first kappa shape index (κ1) is 22.7. The van der Waals surface area contributed by atoms with Crippen molar-refractivity contribution in [2.24, 2.45) is 11.6 Å². The van der Waals surface area contributed by atoms with E-state index >= 15 is 0 Å². The minimum atomic E-state index is -1.06. The third kappa shape index (κ3) is 5.18. The normalized spacial score (nSPS) is 11.8. The van der Waals surface area contributed by atoms with E-state index in [0.717, 1.165) is 11.1 Å². The average Bonchev–Trinajstić information content (AvgIpc) is 2.73.